The number of carbonyl (C=O) groups is 1. The van der Waals surface area contributed by atoms with E-state index in [4.69, 9.17) is 4.74 Å². The van der Waals surface area contributed by atoms with Crippen molar-refractivity contribution >= 4 is 23.5 Å². The molecule has 0 saturated carbocycles. The predicted octanol–water partition coefficient (Wildman–Crippen LogP) is 3.51. The molecule has 0 aliphatic carbocycles. The van der Waals surface area contributed by atoms with Crippen LogP contribution in [0.25, 0.3) is 0 Å². The Hall–Kier alpha value is -3.08. The van der Waals surface area contributed by atoms with Gasteiger partial charge in [0.05, 0.1) is 18.9 Å². The first-order chi connectivity index (χ1) is 14.2. The van der Waals surface area contributed by atoms with Crippen LogP contribution in [0.15, 0.2) is 30.5 Å². The number of carbonyl (C=O) groups excluding carboxylic acids is 1. The van der Waals surface area contributed by atoms with Gasteiger partial charge in [-0.15, -0.1) is 0 Å². The van der Waals surface area contributed by atoms with E-state index in [9.17, 15) is 18.0 Å². The lowest BCUT2D eigenvalue weighted by atomic mass is 10.1. The molecule has 11 heteroatoms. The summed E-state index contributed by atoms with van der Waals surface area (Å²) in [6, 6.07) is 3.44. The molecule has 0 spiro atoms. The number of hydrogen-bond donors (Lipinski definition) is 3. The third kappa shape index (κ3) is 5.72. The van der Waals surface area contributed by atoms with Crippen LogP contribution in [0.3, 0.4) is 0 Å². The fraction of sp³-hybridized carbons (Fsp3) is 0.421. The van der Waals surface area contributed by atoms with Gasteiger partial charge in [0.25, 0.3) is 0 Å². The van der Waals surface area contributed by atoms with E-state index in [0.717, 1.165) is 31.6 Å². The van der Waals surface area contributed by atoms with Crippen molar-refractivity contribution in [1.29, 1.82) is 0 Å². The van der Waals surface area contributed by atoms with E-state index < -0.39 is 17.8 Å². The number of anilines is 3. The first kappa shape index (κ1) is 21.6. The van der Waals surface area contributed by atoms with Gasteiger partial charge in [0.15, 0.2) is 11.6 Å². The van der Waals surface area contributed by atoms with E-state index >= 15 is 0 Å². The van der Waals surface area contributed by atoms with Crippen LogP contribution in [0.2, 0.25) is 0 Å². The average molecular weight is 424 g/mol. The Bertz CT molecular complexity index is 876. The van der Waals surface area contributed by atoms with E-state index in [0.29, 0.717) is 24.0 Å². The predicted molar refractivity (Wildman–Crippen MR) is 107 cm³/mol. The highest BCUT2D eigenvalue weighted by atomic mass is 19.4. The molecule has 2 aromatic rings. The van der Waals surface area contributed by atoms with Gasteiger partial charge in [-0.25, -0.2) is 9.78 Å². The third-order valence-electron chi connectivity index (χ3n) is 4.72. The fourth-order valence-electron chi connectivity index (χ4n) is 3.15. The minimum atomic E-state index is -4.44. The molecule has 1 aliphatic heterocycles. The second-order valence-corrected chi connectivity index (χ2v) is 7.06. The van der Waals surface area contributed by atoms with Gasteiger partial charge in [-0.1, -0.05) is 0 Å². The van der Waals surface area contributed by atoms with E-state index in [2.05, 4.69) is 37.9 Å². The highest BCUT2D eigenvalue weighted by Crippen LogP contribution is 2.30. The Labute approximate surface area is 171 Å². The Kier molecular flexibility index (Phi) is 6.60. The number of alkyl halides is 3. The van der Waals surface area contributed by atoms with Crippen LogP contribution in [0.1, 0.15) is 12.0 Å². The van der Waals surface area contributed by atoms with Crippen LogP contribution in [-0.2, 0) is 6.18 Å². The van der Waals surface area contributed by atoms with E-state index in [-0.39, 0.29) is 11.6 Å². The van der Waals surface area contributed by atoms with Crippen LogP contribution in [0.4, 0.5) is 35.4 Å². The minimum Gasteiger partial charge on any atom is -0.491 e. The Morgan fingerprint density at radius 1 is 1.27 bits per heavy atom. The van der Waals surface area contributed by atoms with Crippen LogP contribution in [-0.4, -0.2) is 54.7 Å². The molecule has 0 radical (unpaired) electrons. The number of rotatable bonds is 6. The molecule has 8 nitrogen and oxygen atoms in total. The lowest BCUT2D eigenvalue weighted by molar-refractivity contribution is -0.137. The maximum atomic E-state index is 12.6. The molecule has 2 heterocycles. The molecule has 1 aromatic heterocycles. The monoisotopic (exact) mass is 424 g/mol. The first-order valence-corrected chi connectivity index (χ1v) is 9.33. The van der Waals surface area contributed by atoms with Gasteiger partial charge in [0, 0.05) is 18.8 Å². The fourth-order valence-corrected chi connectivity index (χ4v) is 3.15. The zero-order chi connectivity index (χ0) is 21.7. The zero-order valence-corrected chi connectivity index (χ0v) is 16.6. The van der Waals surface area contributed by atoms with E-state index in [1.165, 1.54) is 25.4 Å². The third-order valence-corrected chi connectivity index (χ3v) is 4.72. The Morgan fingerprint density at radius 3 is 2.60 bits per heavy atom. The number of nitrogens with zero attached hydrogens (tertiary/aromatic N) is 3. The standard InChI is InChI=1S/C19H23F3N6O2/c1-28-8-7-12(11-28)9-23-16-15(30-2)10-24-17(26-16)27-18(29)25-14-5-3-13(4-6-14)19(20,21)22/h3-6,10,12H,7-9,11H2,1-2H3,(H3,23,24,25,26,27,29). The lowest BCUT2D eigenvalue weighted by Crippen LogP contribution is -2.22. The van der Waals surface area contributed by atoms with Crippen molar-refractivity contribution in [1.82, 2.24) is 14.9 Å². The quantitative estimate of drug-likeness (QED) is 0.658. The summed E-state index contributed by atoms with van der Waals surface area (Å²) in [4.78, 5) is 22.7. The van der Waals surface area contributed by atoms with E-state index in [1.54, 1.807) is 0 Å². The van der Waals surface area contributed by atoms with Gasteiger partial charge in [0.2, 0.25) is 5.95 Å². The number of ether oxygens (including phenoxy) is 1. The number of aromatic nitrogens is 2. The van der Waals surface area contributed by atoms with Crippen molar-refractivity contribution in [3.63, 3.8) is 0 Å². The van der Waals surface area contributed by atoms with Crippen molar-refractivity contribution in [2.75, 3.05) is 49.7 Å². The summed E-state index contributed by atoms with van der Waals surface area (Å²) in [5, 5.41) is 8.14. The van der Waals surface area contributed by atoms with Gasteiger partial charge >= 0.3 is 12.2 Å². The van der Waals surface area contributed by atoms with Crippen LogP contribution < -0.4 is 20.7 Å². The summed E-state index contributed by atoms with van der Waals surface area (Å²) in [5.41, 5.74) is -0.589. The smallest absolute Gasteiger partial charge is 0.416 e. The number of likely N-dealkylation sites (tertiary alicyclic amines) is 1. The second kappa shape index (κ2) is 9.16. The number of urea groups is 1. The summed E-state index contributed by atoms with van der Waals surface area (Å²) in [6.07, 6.45) is -1.92. The van der Waals surface area contributed by atoms with Crippen molar-refractivity contribution in [3.05, 3.63) is 36.0 Å². The molecule has 3 N–H and O–H groups in total. The molecule has 1 saturated heterocycles. The number of benzene rings is 1. The largest absolute Gasteiger partial charge is 0.491 e. The highest BCUT2D eigenvalue weighted by Gasteiger charge is 2.30. The molecule has 1 aromatic carbocycles. The normalized spacial score (nSPS) is 16.9. The van der Waals surface area contributed by atoms with Gasteiger partial charge in [-0.05, 0) is 50.2 Å². The van der Waals surface area contributed by atoms with Crippen LogP contribution in [0, 0.1) is 5.92 Å². The van der Waals surface area contributed by atoms with Gasteiger partial charge in [0.1, 0.15) is 0 Å². The van der Waals surface area contributed by atoms with Crippen LogP contribution >= 0.6 is 0 Å². The number of halogens is 3. The molecule has 2 amide bonds. The van der Waals surface area contributed by atoms with E-state index in [1.807, 2.05) is 0 Å². The molecule has 1 aliphatic rings. The number of nitrogens with one attached hydrogen (secondary N) is 3. The summed E-state index contributed by atoms with van der Waals surface area (Å²) in [6.45, 7) is 2.74. The molecular formula is C19H23F3N6O2. The Balaban J connectivity index is 1.60. The van der Waals surface area contributed by atoms with Crippen molar-refractivity contribution in [2.45, 2.75) is 12.6 Å². The summed E-state index contributed by atoms with van der Waals surface area (Å²) >= 11 is 0. The number of amides is 2. The average Bonchev–Trinajstić information content (AvgIpc) is 3.11. The highest BCUT2D eigenvalue weighted by molar-refractivity contribution is 5.98. The molecule has 1 fully saturated rings. The SMILES string of the molecule is COc1cnc(NC(=O)Nc2ccc(C(F)(F)F)cc2)nc1NCC1CCN(C)C1. The second-order valence-electron chi connectivity index (χ2n) is 7.06. The minimum absolute atomic E-state index is 0.0336. The first-order valence-electron chi connectivity index (χ1n) is 9.33. The summed E-state index contributed by atoms with van der Waals surface area (Å²) in [7, 11) is 3.57. The topological polar surface area (TPSA) is 91.4 Å². The molecule has 0 bridgehead atoms. The summed E-state index contributed by atoms with van der Waals surface area (Å²) in [5.74, 6) is 1.40. The lowest BCUT2D eigenvalue weighted by Gasteiger charge is -2.15. The van der Waals surface area contributed by atoms with Crippen molar-refractivity contribution in [2.24, 2.45) is 5.92 Å². The Morgan fingerprint density at radius 2 is 2.00 bits per heavy atom. The van der Waals surface area contributed by atoms with Gasteiger partial charge in [-0.2, -0.15) is 18.2 Å². The number of methoxy groups -OCH3 is 1. The zero-order valence-electron chi connectivity index (χ0n) is 16.6. The molecule has 3 rings (SSSR count). The molecule has 1 unspecified atom stereocenters. The van der Waals surface area contributed by atoms with Gasteiger partial charge in [-0.3, -0.25) is 5.32 Å². The van der Waals surface area contributed by atoms with Crippen molar-refractivity contribution in [3.8, 4) is 5.75 Å². The van der Waals surface area contributed by atoms with Crippen molar-refractivity contribution < 1.29 is 22.7 Å². The van der Waals surface area contributed by atoms with Gasteiger partial charge < -0.3 is 20.3 Å². The molecule has 30 heavy (non-hydrogen) atoms. The number of hydrogen-bond acceptors (Lipinski definition) is 6. The summed E-state index contributed by atoms with van der Waals surface area (Å²) < 4.78 is 43.1. The maximum absolute atomic E-state index is 12.6. The van der Waals surface area contributed by atoms with Crippen LogP contribution in [0.5, 0.6) is 5.75 Å². The maximum Gasteiger partial charge on any atom is 0.416 e. The molecule has 1 atom stereocenters. The molecular weight excluding hydrogens is 401 g/mol. The molecule has 162 valence electrons.